The first-order valence-electron chi connectivity index (χ1n) is 7.79. The van der Waals surface area contributed by atoms with Crippen LogP contribution in [-0.4, -0.2) is 41.6 Å². The summed E-state index contributed by atoms with van der Waals surface area (Å²) in [4.78, 5) is 17.1. The highest BCUT2D eigenvalue weighted by atomic mass is 16.5. The van der Waals surface area contributed by atoms with Crippen LogP contribution in [-0.2, 0) is 11.2 Å². The lowest BCUT2D eigenvalue weighted by molar-refractivity contribution is -0.0245. The molecular formula is C18H19N3O2. The fourth-order valence-electron chi connectivity index (χ4n) is 2.82. The number of benzene rings is 1. The Morgan fingerprint density at radius 1 is 1.39 bits per heavy atom. The third kappa shape index (κ3) is 3.79. The Morgan fingerprint density at radius 3 is 2.96 bits per heavy atom. The molecule has 1 unspecified atom stereocenters. The molecule has 1 N–H and O–H groups in total. The third-order valence-electron chi connectivity index (χ3n) is 4.07. The summed E-state index contributed by atoms with van der Waals surface area (Å²) in [6.07, 6.45) is 3.48. The molecule has 1 atom stereocenters. The van der Waals surface area contributed by atoms with Crippen molar-refractivity contribution in [2.24, 2.45) is 0 Å². The van der Waals surface area contributed by atoms with Gasteiger partial charge in [-0.3, -0.25) is 4.79 Å². The predicted molar refractivity (Wildman–Crippen MR) is 85.9 cm³/mol. The monoisotopic (exact) mass is 309 g/mol. The number of hydrogen-bond acceptors (Lipinski definition) is 3. The van der Waals surface area contributed by atoms with E-state index in [0.717, 1.165) is 12.8 Å². The van der Waals surface area contributed by atoms with Crippen LogP contribution in [0, 0.1) is 11.3 Å². The number of aromatic amines is 1. The molecule has 1 aromatic heterocycles. The molecule has 0 bridgehead atoms. The van der Waals surface area contributed by atoms with Crippen molar-refractivity contribution in [3.8, 4) is 6.07 Å². The second-order valence-electron chi connectivity index (χ2n) is 5.68. The lowest BCUT2D eigenvalue weighted by Gasteiger charge is -2.33. The molecule has 3 rings (SSSR count). The smallest absolute Gasteiger partial charge is 0.255 e. The van der Waals surface area contributed by atoms with Crippen molar-refractivity contribution < 1.29 is 9.53 Å². The maximum atomic E-state index is 12.5. The number of amides is 1. The van der Waals surface area contributed by atoms with Gasteiger partial charge in [0.2, 0.25) is 0 Å². The van der Waals surface area contributed by atoms with Gasteiger partial charge in [-0.25, -0.2) is 0 Å². The average molecular weight is 309 g/mol. The molecule has 23 heavy (non-hydrogen) atoms. The van der Waals surface area contributed by atoms with Crippen LogP contribution >= 0.6 is 0 Å². The van der Waals surface area contributed by atoms with Gasteiger partial charge in [0.05, 0.1) is 18.3 Å². The highest BCUT2D eigenvalue weighted by molar-refractivity contribution is 5.94. The molecule has 1 aliphatic rings. The van der Waals surface area contributed by atoms with E-state index in [2.05, 4.69) is 17.1 Å². The van der Waals surface area contributed by atoms with E-state index in [1.807, 2.05) is 29.2 Å². The zero-order valence-corrected chi connectivity index (χ0v) is 12.9. The molecule has 1 aliphatic heterocycles. The van der Waals surface area contributed by atoms with Crippen molar-refractivity contribution in [1.82, 2.24) is 9.88 Å². The maximum absolute atomic E-state index is 12.5. The van der Waals surface area contributed by atoms with Crippen LogP contribution < -0.4 is 0 Å². The van der Waals surface area contributed by atoms with Gasteiger partial charge < -0.3 is 14.6 Å². The first kappa shape index (κ1) is 15.3. The van der Waals surface area contributed by atoms with Crippen LogP contribution in [0.15, 0.2) is 42.6 Å². The zero-order chi connectivity index (χ0) is 16.1. The van der Waals surface area contributed by atoms with Gasteiger partial charge in [-0.05, 0) is 24.5 Å². The molecule has 1 aromatic carbocycles. The second kappa shape index (κ2) is 7.12. The van der Waals surface area contributed by atoms with Crippen molar-refractivity contribution in [3.63, 3.8) is 0 Å². The number of aryl methyl sites for hydroxylation is 1. The number of nitrogens with zero attached hydrogens (tertiary/aromatic N) is 2. The normalized spacial score (nSPS) is 17.7. The summed E-state index contributed by atoms with van der Waals surface area (Å²) in [7, 11) is 0. The van der Waals surface area contributed by atoms with Gasteiger partial charge in [0.25, 0.3) is 5.91 Å². The van der Waals surface area contributed by atoms with Crippen LogP contribution in [0.25, 0.3) is 0 Å². The average Bonchev–Trinajstić information content (AvgIpc) is 3.10. The first-order valence-corrected chi connectivity index (χ1v) is 7.79. The molecule has 0 saturated carbocycles. The number of ether oxygens (including phenoxy) is 1. The Labute approximate surface area is 135 Å². The van der Waals surface area contributed by atoms with E-state index in [9.17, 15) is 4.79 Å². The third-order valence-corrected chi connectivity index (χ3v) is 4.07. The lowest BCUT2D eigenvalue weighted by Crippen LogP contribution is -2.45. The highest BCUT2D eigenvalue weighted by Gasteiger charge is 2.25. The van der Waals surface area contributed by atoms with Gasteiger partial charge >= 0.3 is 0 Å². The highest BCUT2D eigenvalue weighted by Crippen LogP contribution is 2.15. The maximum Gasteiger partial charge on any atom is 0.255 e. The topological polar surface area (TPSA) is 69.1 Å². The molecule has 1 amide bonds. The Kier molecular flexibility index (Phi) is 4.74. The van der Waals surface area contributed by atoms with E-state index in [1.165, 1.54) is 5.56 Å². The summed E-state index contributed by atoms with van der Waals surface area (Å²) in [5.41, 5.74) is 2.22. The van der Waals surface area contributed by atoms with E-state index in [1.54, 1.807) is 12.3 Å². The Bertz CT molecular complexity index is 703. The number of H-pyrrole nitrogens is 1. The van der Waals surface area contributed by atoms with E-state index < -0.39 is 0 Å². The standard InChI is InChI=1S/C18H19N3O2/c19-11-16-10-15(12-20-16)18(22)21-8-9-23-17(13-21)7-6-14-4-2-1-3-5-14/h1-5,10,12,17,20H,6-9,13H2. The molecule has 1 saturated heterocycles. The molecular weight excluding hydrogens is 290 g/mol. The zero-order valence-electron chi connectivity index (χ0n) is 12.9. The van der Waals surface area contributed by atoms with E-state index in [0.29, 0.717) is 31.0 Å². The van der Waals surface area contributed by atoms with Gasteiger partial charge in [0.1, 0.15) is 11.8 Å². The van der Waals surface area contributed by atoms with Crippen LogP contribution in [0.1, 0.15) is 28.0 Å². The summed E-state index contributed by atoms with van der Waals surface area (Å²) in [6.45, 7) is 1.74. The Morgan fingerprint density at radius 2 is 2.22 bits per heavy atom. The summed E-state index contributed by atoms with van der Waals surface area (Å²) in [5, 5.41) is 8.84. The molecule has 1 fully saturated rings. The van der Waals surface area contributed by atoms with Crippen LogP contribution in [0.3, 0.4) is 0 Å². The molecule has 0 radical (unpaired) electrons. The summed E-state index contributed by atoms with van der Waals surface area (Å²) < 4.78 is 5.79. The van der Waals surface area contributed by atoms with E-state index in [4.69, 9.17) is 10.00 Å². The number of morpholine rings is 1. The van der Waals surface area contributed by atoms with Gasteiger partial charge in [0, 0.05) is 19.3 Å². The van der Waals surface area contributed by atoms with Crippen molar-refractivity contribution in [2.45, 2.75) is 18.9 Å². The molecule has 0 aliphatic carbocycles. The van der Waals surface area contributed by atoms with E-state index >= 15 is 0 Å². The minimum Gasteiger partial charge on any atom is -0.375 e. The molecule has 118 valence electrons. The number of carbonyl (C=O) groups excluding carboxylic acids is 1. The number of nitriles is 1. The van der Waals surface area contributed by atoms with Crippen molar-refractivity contribution in [1.29, 1.82) is 5.26 Å². The summed E-state index contributed by atoms with van der Waals surface area (Å²) in [6, 6.07) is 13.9. The van der Waals surface area contributed by atoms with E-state index in [-0.39, 0.29) is 12.0 Å². The van der Waals surface area contributed by atoms with Crippen LogP contribution in [0.5, 0.6) is 0 Å². The van der Waals surface area contributed by atoms with Crippen molar-refractivity contribution in [3.05, 3.63) is 59.4 Å². The summed E-state index contributed by atoms with van der Waals surface area (Å²) >= 11 is 0. The van der Waals surface area contributed by atoms with Crippen LogP contribution in [0.4, 0.5) is 0 Å². The quantitative estimate of drug-likeness (QED) is 0.942. The number of carbonyl (C=O) groups is 1. The number of aromatic nitrogens is 1. The fraction of sp³-hybridized carbons (Fsp3) is 0.333. The molecule has 0 spiro atoms. The summed E-state index contributed by atoms with van der Waals surface area (Å²) in [5.74, 6) is -0.0456. The fourth-order valence-corrected chi connectivity index (χ4v) is 2.82. The molecule has 2 heterocycles. The number of hydrogen-bond donors (Lipinski definition) is 1. The Balaban J connectivity index is 1.57. The Hall–Kier alpha value is -2.58. The minimum atomic E-state index is -0.0456. The van der Waals surface area contributed by atoms with Gasteiger partial charge in [-0.1, -0.05) is 30.3 Å². The second-order valence-corrected chi connectivity index (χ2v) is 5.68. The number of nitrogens with one attached hydrogen (secondary N) is 1. The largest absolute Gasteiger partial charge is 0.375 e. The minimum absolute atomic E-state index is 0.0456. The van der Waals surface area contributed by atoms with Gasteiger partial charge in [0.15, 0.2) is 0 Å². The lowest BCUT2D eigenvalue weighted by atomic mass is 10.1. The predicted octanol–water partition coefficient (Wildman–Crippen LogP) is 2.36. The molecule has 5 nitrogen and oxygen atoms in total. The van der Waals surface area contributed by atoms with Crippen molar-refractivity contribution >= 4 is 5.91 Å². The van der Waals surface area contributed by atoms with Crippen molar-refractivity contribution in [2.75, 3.05) is 19.7 Å². The number of rotatable bonds is 4. The van der Waals surface area contributed by atoms with Crippen LogP contribution in [0.2, 0.25) is 0 Å². The SMILES string of the molecule is N#Cc1cc(C(=O)N2CCOC(CCc3ccccc3)C2)c[nH]1. The molecule has 5 heteroatoms. The molecule has 2 aromatic rings. The first-order chi connectivity index (χ1) is 11.3. The van der Waals surface area contributed by atoms with Gasteiger partial charge in [-0.15, -0.1) is 0 Å². The van der Waals surface area contributed by atoms with Gasteiger partial charge in [-0.2, -0.15) is 5.26 Å².